The molecule has 0 saturated heterocycles. The Morgan fingerprint density at radius 3 is 3.07 bits per heavy atom. The molecule has 14 heavy (non-hydrogen) atoms. The lowest BCUT2D eigenvalue weighted by atomic mass is 10.3. The number of thiophene rings is 1. The summed E-state index contributed by atoms with van der Waals surface area (Å²) in [6.45, 7) is 0.719. The molecule has 4 nitrogen and oxygen atoms in total. The summed E-state index contributed by atoms with van der Waals surface area (Å²) in [6, 6.07) is 2.04. The van der Waals surface area contributed by atoms with Gasteiger partial charge in [-0.3, -0.25) is 4.68 Å². The molecule has 0 aromatic carbocycles. The van der Waals surface area contributed by atoms with Crippen LogP contribution in [0.4, 0.5) is 11.5 Å². The standard InChI is InChI=1S/C9H12N4S/c1-13-5-7(9(10)12-13)4-11-8-2-3-14-6-8/h2-3,5-6,11H,4H2,1H3,(H2,10,12). The largest absolute Gasteiger partial charge is 0.382 e. The van der Waals surface area contributed by atoms with Gasteiger partial charge in [0.25, 0.3) is 0 Å². The molecule has 0 saturated carbocycles. The van der Waals surface area contributed by atoms with E-state index in [-0.39, 0.29) is 0 Å². The first-order chi connectivity index (χ1) is 6.75. The molecule has 2 rings (SSSR count). The van der Waals surface area contributed by atoms with Gasteiger partial charge in [0.05, 0.1) is 0 Å². The second-order valence-corrected chi connectivity index (χ2v) is 3.86. The van der Waals surface area contributed by atoms with Crippen LogP contribution >= 0.6 is 11.3 Å². The van der Waals surface area contributed by atoms with Crippen molar-refractivity contribution in [2.45, 2.75) is 6.54 Å². The number of hydrogen-bond acceptors (Lipinski definition) is 4. The lowest BCUT2D eigenvalue weighted by molar-refractivity contribution is 0.771. The third kappa shape index (κ3) is 1.88. The van der Waals surface area contributed by atoms with Crippen molar-refractivity contribution in [2.75, 3.05) is 11.1 Å². The molecule has 0 spiro atoms. The van der Waals surface area contributed by atoms with E-state index in [1.807, 2.05) is 24.7 Å². The van der Waals surface area contributed by atoms with E-state index < -0.39 is 0 Å². The minimum atomic E-state index is 0.593. The van der Waals surface area contributed by atoms with Gasteiger partial charge in [-0.25, -0.2) is 0 Å². The molecular formula is C9H12N4S. The van der Waals surface area contributed by atoms with Crippen LogP contribution in [0.15, 0.2) is 23.0 Å². The fourth-order valence-electron chi connectivity index (χ4n) is 1.25. The van der Waals surface area contributed by atoms with Crippen molar-refractivity contribution < 1.29 is 0 Å². The van der Waals surface area contributed by atoms with Crippen molar-refractivity contribution in [2.24, 2.45) is 7.05 Å². The average molecular weight is 208 g/mol. The van der Waals surface area contributed by atoms with Crippen LogP contribution in [-0.2, 0) is 13.6 Å². The fraction of sp³-hybridized carbons (Fsp3) is 0.222. The first-order valence-electron chi connectivity index (χ1n) is 4.30. The Hall–Kier alpha value is -1.49. The summed E-state index contributed by atoms with van der Waals surface area (Å²) < 4.78 is 1.72. The molecule has 0 aliphatic rings. The highest BCUT2D eigenvalue weighted by Crippen LogP contribution is 2.15. The summed E-state index contributed by atoms with van der Waals surface area (Å²) in [7, 11) is 1.87. The van der Waals surface area contributed by atoms with E-state index in [0.717, 1.165) is 17.8 Å². The van der Waals surface area contributed by atoms with E-state index >= 15 is 0 Å². The summed E-state index contributed by atoms with van der Waals surface area (Å²) in [5.41, 5.74) is 7.86. The van der Waals surface area contributed by atoms with Crippen LogP contribution in [0.25, 0.3) is 0 Å². The molecule has 0 fully saturated rings. The third-order valence-corrected chi connectivity index (χ3v) is 2.62. The van der Waals surface area contributed by atoms with Gasteiger partial charge in [0.2, 0.25) is 0 Å². The maximum atomic E-state index is 5.71. The van der Waals surface area contributed by atoms with Crippen LogP contribution in [-0.4, -0.2) is 9.78 Å². The van der Waals surface area contributed by atoms with Gasteiger partial charge in [0, 0.05) is 36.4 Å². The van der Waals surface area contributed by atoms with E-state index in [0.29, 0.717) is 5.82 Å². The smallest absolute Gasteiger partial charge is 0.150 e. The predicted molar refractivity (Wildman–Crippen MR) is 59.3 cm³/mol. The minimum Gasteiger partial charge on any atom is -0.382 e. The normalized spacial score (nSPS) is 10.4. The molecule has 5 heteroatoms. The molecule has 0 unspecified atom stereocenters. The van der Waals surface area contributed by atoms with Crippen LogP contribution in [0.2, 0.25) is 0 Å². The van der Waals surface area contributed by atoms with Gasteiger partial charge in [-0.1, -0.05) is 0 Å². The predicted octanol–water partition coefficient (Wildman–Crippen LogP) is 1.68. The average Bonchev–Trinajstić information content (AvgIpc) is 2.72. The highest BCUT2D eigenvalue weighted by atomic mass is 32.1. The van der Waals surface area contributed by atoms with Crippen LogP contribution in [0, 0.1) is 0 Å². The van der Waals surface area contributed by atoms with Crippen LogP contribution < -0.4 is 11.1 Å². The zero-order valence-electron chi connectivity index (χ0n) is 7.90. The molecule has 74 valence electrons. The monoisotopic (exact) mass is 208 g/mol. The maximum absolute atomic E-state index is 5.71. The number of nitrogens with zero attached hydrogens (tertiary/aromatic N) is 2. The number of nitrogens with one attached hydrogen (secondary N) is 1. The molecule has 0 amide bonds. The third-order valence-electron chi connectivity index (χ3n) is 1.94. The fourth-order valence-corrected chi connectivity index (χ4v) is 1.87. The number of aryl methyl sites for hydroxylation is 1. The molecule has 0 atom stereocenters. The first-order valence-corrected chi connectivity index (χ1v) is 5.24. The van der Waals surface area contributed by atoms with Crippen molar-refractivity contribution in [1.82, 2.24) is 9.78 Å². The number of rotatable bonds is 3. The van der Waals surface area contributed by atoms with Crippen molar-refractivity contribution in [3.8, 4) is 0 Å². The maximum Gasteiger partial charge on any atom is 0.150 e. The van der Waals surface area contributed by atoms with Crippen molar-refractivity contribution >= 4 is 22.8 Å². The molecule has 0 bridgehead atoms. The van der Waals surface area contributed by atoms with Crippen molar-refractivity contribution in [3.05, 3.63) is 28.6 Å². The topological polar surface area (TPSA) is 55.9 Å². The summed E-state index contributed by atoms with van der Waals surface area (Å²) in [5.74, 6) is 0.593. The van der Waals surface area contributed by atoms with Crippen LogP contribution in [0.1, 0.15) is 5.56 Å². The van der Waals surface area contributed by atoms with Crippen molar-refractivity contribution in [3.63, 3.8) is 0 Å². The van der Waals surface area contributed by atoms with E-state index in [2.05, 4.69) is 15.8 Å². The highest BCUT2D eigenvalue weighted by molar-refractivity contribution is 7.08. The summed E-state index contributed by atoms with van der Waals surface area (Å²) in [4.78, 5) is 0. The number of nitrogens with two attached hydrogens (primary N) is 1. The zero-order chi connectivity index (χ0) is 9.97. The Balaban J connectivity index is 2.01. The molecule has 0 aliphatic carbocycles. The number of anilines is 2. The Bertz CT molecular complexity index is 404. The van der Waals surface area contributed by atoms with E-state index in [1.54, 1.807) is 16.0 Å². The Morgan fingerprint density at radius 1 is 1.64 bits per heavy atom. The van der Waals surface area contributed by atoms with Gasteiger partial charge in [-0.2, -0.15) is 16.4 Å². The number of aromatic nitrogens is 2. The zero-order valence-corrected chi connectivity index (χ0v) is 8.71. The number of nitrogen functional groups attached to an aromatic ring is 1. The van der Waals surface area contributed by atoms with Crippen LogP contribution in [0.5, 0.6) is 0 Å². The second kappa shape index (κ2) is 3.71. The SMILES string of the molecule is Cn1cc(CNc2ccsc2)c(N)n1. The highest BCUT2D eigenvalue weighted by Gasteiger charge is 2.02. The Morgan fingerprint density at radius 2 is 2.50 bits per heavy atom. The Labute approximate surface area is 86.4 Å². The molecule has 3 N–H and O–H groups in total. The van der Waals surface area contributed by atoms with Gasteiger partial charge in [0.1, 0.15) is 5.82 Å². The molecule has 2 heterocycles. The lowest BCUT2D eigenvalue weighted by Gasteiger charge is -2.01. The molecule has 2 aromatic rings. The van der Waals surface area contributed by atoms with Crippen LogP contribution in [0.3, 0.4) is 0 Å². The van der Waals surface area contributed by atoms with Gasteiger partial charge in [-0.15, -0.1) is 0 Å². The molecular weight excluding hydrogens is 196 g/mol. The summed E-state index contributed by atoms with van der Waals surface area (Å²) in [5, 5.41) is 11.4. The van der Waals surface area contributed by atoms with Gasteiger partial charge in [-0.05, 0) is 11.4 Å². The van der Waals surface area contributed by atoms with Gasteiger partial charge < -0.3 is 11.1 Å². The quantitative estimate of drug-likeness (QED) is 0.806. The first kappa shape index (κ1) is 9.08. The van der Waals surface area contributed by atoms with E-state index in [4.69, 9.17) is 5.73 Å². The van der Waals surface area contributed by atoms with Gasteiger partial charge >= 0.3 is 0 Å². The Kier molecular flexibility index (Phi) is 2.41. The summed E-state index contributed by atoms with van der Waals surface area (Å²) >= 11 is 1.67. The molecule has 2 aromatic heterocycles. The van der Waals surface area contributed by atoms with E-state index in [9.17, 15) is 0 Å². The lowest BCUT2D eigenvalue weighted by Crippen LogP contribution is -2.00. The second-order valence-electron chi connectivity index (χ2n) is 3.08. The van der Waals surface area contributed by atoms with Gasteiger partial charge in [0.15, 0.2) is 0 Å². The molecule has 0 aliphatic heterocycles. The van der Waals surface area contributed by atoms with Crippen molar-refractivity contribution in [1.29, 1.82) is 0 Å². The van der Waals surface area contributed by atoms with E-state index in [1.165, 1.54) is 0 Å². The number of hydrogen-bond donors (Lipinski definition) is 2. The summed E-state index contributed by atoms with van der Waals surface area (Å²) in [6.07, 6.45) is 1.93. The minimum absolute atomic E-state index is 0.593. The molecule has 0 radical (unpaired) electrons.